The van der Waals surface area contributed by atoms with Gasteiger partial charge in [-0.05, 0) is 0 Å². The van der Waals surface area contributed by atoms with Crippen molar-refractivity contribution in [2.24, 2.45) is 0 Å². The third-order valence-electron chi connectivity index (χ3n) is 0. The van der Waals surface area contributed by atoms with E-state index in [1.807, 2.05) is 0 Å². The fourth-order valence-electron chi connectivity index (χ4n) is 0. The maximum atomic E-state index is 8.44. The molecule has 0 atom stereocenters. The molecule has 0 saturated carbocycles. The second-order valence-corrected chi connectivity index (χ2v) is 0.612. The Morgan fingerprint density at radius 1 is 1.40 bits per heavy atom. The maximum Gasteiger partial charge on any atom is -0.142 e. The zero-order valence-electron chi connectivity index (χ0n) is 2.01. The van der Waals surface area contributed by atoms with Gasteiger partial charge >= 0.3 is 0 Å². The van der Waals surface area contributed by atoms with Gasteiger partial charge in [0, 0.05) is 0 Å². The summed E-state index contributed by atoms with van der Waals surface area (Å²) in [5.41, 5.74) is 0. The largest absolute Gasteiger partial charge is 1.00 e. The topological polar surface area (TPSA) is 63.2 Å². The van der Waals surface area contributed by atoms with Gasteiger partial charge in [-0.1, -0.05) is 0 Å². The van der Waals surface area contributed by atoms with Crippen LogP contribution >= 0.6 is 0 Å². The van der Waals surface area contributed by atoms with Crippen molar-refractivity contribution in [3.8, 4) is 0 Å². The van der Waals surface area contributed by atoms with Crippen molar-refractivity contribution in [1.82, 2.24) is 0 Å². The van der Waals surface area contributed by atoms with E-state index >= 15 is 0 Å². The lowest BCUT2D eigenvalue weighted by Crippen LogP contribution is -3.00. The highest BCUT2D eigenvalue weighted by atomic mass is 35.5. The Morgan fingerprint density at radius 3 is 1.40 bits per heavy atom. The van der Waals surface area contributed by atoms with Crippen LogP contribution in [0.3, 0.4) is 0 Å². The molecule has 5 heteroatoms. The molecule has 34 valence electrons. The van der Waals surface area contributed by atoms with Crippen molar-refractivity contribution in [1.29, 1.82) is 0 Å². The zero-order valence-corrected chi connectivity index (χ0v) is 3.58. The number of rotatable bonds is 0. The van der Waals surface area contributed by atoms with Crippen molar-refractivity contribution < 1.29 is 25.7 Å². The lowest BCUT2D eigenvalue weighted by atomic mass is 15.8. The highest BCUT2D eigenvalue weighted by Crippen LogP contribution is 1.42. The summed E-state index contributed by atoms with van der Waals surface area (Å²) < 4.78 is 25.3. The molecular weight excluding hydrogens is 116 g/mol. The van der Waals surface area contributed by atoms with Gasteiger partial charge < -0.3 is 21.5 Å². The van der Waals surface area contributed by atoms with Gasteiger partial charge in [0.15, 0.2) is 0 Å². The van der Waals surface area contributed by atoms with E-state index in [-0.39, 0.29) is 12.4 Å². The SMILES string of the molecule is O=S([O-])[O-].[Cl-]. The van der Waals surface area contributed by atoms with E-state index in [2.05, 4.69) is 0 Å². The molecule has 0 amide bonds. The lowest BCUT2D eigenvalue weighted by Gasteiger charge is -2.03. The van der Waals surface area contributed by atoms with Crippen LogP contribution in [0.4, 0.5) is 0 Å². The Kier molecular flexibility index (Phi) is 7.87. The summed E-state index contributed by atoms with van der Waals surface area (Å²) in [6.07, 6.45) is 0. The number of halogens is 1. The summed E-state index contributed by atoms with van der Waals surface area (Å²) >= 11 is -3.11. The van der Waals surface area contributed by atoms with E-state index in [1.54, 1.807) is 0 Å². The quantitative estimate of drug-likeness (QED) is 0.302. The predicted octanol–water partition coefficient (Wildman–Crippen LogP) is -4.00. The zero-order chi connectivity index (χ0) is 3.58. The molecule has 0 saturated heterocycles. The van der Waals surface area contributed by atoms with Gasteiger partial charge in [-0.15, -0.1) is 11.4 Å². The second-order valence-electron chi connectivity index (χ2n) is 0.204. The molecule has 0 spiro atoms. The van der Waals surface area contributed by atoms with Crippen LogP contribution in [0.1, 0.15) is 0 Å². The van der Waals surface area contributed by atoms with Crippen LogP contribution in [0.2, 0.25) is 0 Å². The fraction of sp³-hybridized carbons (Fsp3) is 0. The van der Waals surface area contributed by atoms with Gasteiger partial charge in [-0.2, -0.15) is 0 Å². The average Bonchev–Trinajstić information content (AvgIpc) is 0.811. The van der Waals surface area contributed by atoms with Crippen LogP contribution in [0.15, 0.2) is 0 Å². The van der Waals surface area contributed by atoms with E-state index in [4.69, 9.17) is 13.3 Å². The van der Waals surface area contributed by atoms with Gasteiger partial charge in [-0.3, -0.25) is 4.21 Å². The standard InChI is InChI=1S/ClH.H2O3S/c;1-4(2)3/h1H;(H2,1,2,3)/p-3. The minimum Gasteiger partial charge on any atom is -1.00 e. The normalized spacial score (nSPS) is 7.00. The van der Waals surface area contributed by atoms with Crippen molar-refractivity contribution >= 4 is 11.4 Å². The Bertz CT molecular complexity index is 29.9. The molecule has 0 fully saturated rings. The number of hydrogen-bond acceptors (Lipinski definition) is 3. The number of hydrogen-bond donors (Lipinski definition) is 0. The minimum absolute atomic E-state index is 0. The van der Waals surface area contributed by atoms with Crippen molar-refractivity contribution in [3.63, 3.8) is 0 Å². The van der Waals surface area contributed by atoms with Crippen LogP contribution in [0, 0.1) is 0 Å². The first-order valence-electron chi connectivity index (χ1n) is 0.500. The predicted molar refractivity (Wildman–Crippen MR) is 9.70 cm³/mol. The third-order valence-corrected chi connectivity index (χ3v) is 0. The molecule has 0 aromatic heterocycles. The maximum absolute atomic E-state index is 8.44. The Balaban J connectivity index is 0. The summed E-state index contributed by atoms with van der Waals surface area (Å²) in [5.74, 6) is 0. The van der Waals surface area contributed by atoms with Crippen LogP contribution < -0.4 is 12.4 Å². The summed E-state index contributed by atoms with van der Waals surface area (Å²) in [6, 6.07) is 0. The Morgan fingerprint density at radius 2 is 1.40 bits per heavy atom. The lowest BCUT2D eigenvalue weighted by molar-refractivity contribution is -0.00000532. The van der Waals surface area contributed by atoms with E-state index < -0.39 is 11.4 Å². The van der Waals surface area contributed by atoms with E-state index in [0.717, 1.165) is 0 Å². The molecule has 0 rings (SSSR count). The minimum atomic E-state index is -3.11. The summed E-state index contributed by atoms with van der Waals surface area (Å²) in [7, 11) is 0. The average molecular weight is 116 g/mol. The van der Waals surface area contributed by atoms with E-state index in [0.29, 0.717) is 0 Å². The van der Waals surface area contributed by atoms with E-state index in [9.17, 15) is 0 Å². The molecule has 0 bridgehead atoms. The molecule has 0 aliphatic rings. The molecule has 0 unspecified atom stereocenters. The van der Waals surface area contributed by atoms with Crippen LogP contribution in [-0.2, 0) is 11.4 Å². The highest BCUT2D eigenvalue weighted by molar-refractivity contribution is 7.72. The van der Waals surface area contributed by atoms with Gasteiger partial charge in [0.2, 0.25) is 0 Å². The Labute approximate surface area is 37.9 Å². The summed E-state index contributed by atoms with van der Waals surface area (Å²) in [5, 5.41) is 0. The van der Waals surface area contributed by atoms with E-state index in [1.165, 1.54) is 0 Å². The van der Waals surface area contributed by atoms with Crippen molar-refractivity contribution in [2.75, 3.05) is 0 Å². The van der Waals surface area contributed by atoms with Gasteiger partial charge in [0.05, 0.1) is 0 Å². The molecule has 5 heavy (non-hydrogen) atoms. The molecule has 0 aromatic carbocycles. The van der Waals surface area contributed by atoms with Crippen molar-refractivity contribution in [3.05, 3.63) is 0 Å². The molecular formula is ClO3S-3. The first kappa shape index (κ1) is 9.03. The molecule has 0 aliphatic heterocycles. The van der Waals surface area contributed by atoms with Crippen LogP contribution in [-0.4, -0.2) is 13.3 Å². The third kappa shape index (κ3) is 187. The van der Waals surface area contributed by atoms with Crippen LogP contribution in [0.5, 0.6) is 0 Å². The first-order valence-corrected chi connectivity index (χ1v) is 1.50. The monoisotopic (exact) mass is 115 g/mol. The molecule has 0 N–H and O–H groups in total. The molecule has 0 heterocycles. The molecule has 0 aromatic rings. The summed E-state index contributed by atoms with van der Waals surface area (Å²) in [4.78, 5) is 0. The van der Waals surface area contributed by atoms with Crippen molar-refractivity contribution in [2.45, 2.75) is 0 Å². The molecule has 0 aliphatic carbocycles. The molecule has 3 nitrogen and oxygen atoms in total. The first-order chi connectivity index (χ1) is 1.73. The molecule has 0 radical (unpaired) electrons. The fourth-order valence-corrected chi connectivity index (χ4v) is 0. The highest BCUT2D eigenvalue weighted by Gasteiger charge is 1.20. The van der Waals surface area contributed by atoms with Gasteiger partial charge in [0.1, 0.15) is 0 Å². The summed E-state index contributed by atoms with van der Waals surface area (Å²) in [6.45, 7) is 0. The second kappa shape index (κ2) is 4.36. The van der Waals surface area contributed by atoms with Crippen LogP contribution in [0.25, 0.3) is 0 Å². The van der Waals surface area contributed by atoms with Gasteiger partial charge in [-0.25, -0.2) is 0 Å². The smallest absolute Gasteiger partial charge is 0.142 e. The van der Waals surface area contributed by atoms with Gasteiger partial charge in [0.25, 0.3) is 0 Å². The Hall–Kier alpha value is 0.360.